The number of hydrogen-bond acceptors (Lipinski definition) is 5. The Kier molecular flexibility index (Phi) is 8.89. The maximum absolute atomic E-state index is 13.6. The van der Waals surface area contributed by atoms with Crippen LogP contribution in [-0.4, -0.2) is 97.2 Å². The number of carbonyl (C=O) groups excluding carboxylic acids is 2. The van der Waals surface area contributed by atoms with Crippen molar-refractivity contribution in [3.05, 3.63) is 23.3 Å². The van der Waals surface area contributed by atoms with Gasteiger partial charge in [0.2, 0.25) is 12.7 Å². The fourth-order valence-electron chi connectivity index (χ4n) is 6.94. The molecule has 0 bridgehead atoms. The van der Waals surface area contributed by atoms with E-state index < -0.39 is 0 Å². The van der Waals surface area contributed by atoms with Gasteiger partial charge in [0, 0.05) is 57.9 Å². The van der Waals surface area contributed by atoms with Crippen LogP contribution in [0.3, 0.4) is 0 Å². The van der Waals surface area contributed by atoms with Gasteiger partial charge in [-0.3, -0.25) is 9.69 Å². The van der Waals surface area contributed by atoms with Crippen LogP contribution in [0, 0.1) is 0 Å². The molecule has 216 valence electrons. The van der Waals surface area contributed by atoms with Gasteiger partial charge in [0.25, 0.3) is 0 Å². The summed E-state index contributed by atoms with van der Waals surface area (Å²) in [6, 6.07) is 5.24. The van der Waals surface area contributed by atoms with Crippen molar-refractivity contribution in [3.63, 3.8) is 0 Å². The van der Waals surface area contributed by atoms with Crippen LogP contribution in [0.5, 0.6) is 11.5 Å². The second kappa shape index (κ2) is 12.4. The Hall–Kier alpha value is -2.48. The minimum atomic E-state index is 0.120. The SMILES string of the molecule is CCCC(CCC)N(C)C(=O)CN1C[C@H](c2cc3c(c(C4CCC4)c2)OCO3)C[C@@H]1CCN1CCN(C)C1=O. The molecule has 1 aromatic rings. The molecule has 0 unspecified atom stereocenters. The summed E-state index contributed by atoms with van der Waals surface area (Å²) in [5.74, 6) is 2.94. The van der Waals surface area contributed by atoms with E-state index in [4.69, 9.17) is 9.47 Å². The summed E-state index contributed by atoms with van der Waals surface area (Å²) < 4.78 is 11.7. The van der Waals surface area contributed by atoms with E-state index >= 15 is 0 Å². The average molecular weight is 541 g/mol. The maximum Gasteiger partial charge on any atom is 0.319 e. The van der Waals surface area contributed by atoms with Crippen LogP contribution in [0.25, 0.3) is 0 Å². The van der Waals surface area contributed by atoms with Gasteiger partial charge in [0.05, 0.1) is 6.54 Å². The van der Waals surface area contributed by atoms with Crippen LogP contribution >= 0.6 is 0 Å². The summed E-state index contributed by atoms with van der Waals surface area (Å²) in [5, 5.41) is 0. The third kappa shape index (κ3) is 6.01. The zero-order valence-corrected chi connectivity index (χ0v) is 24.5. The van der Waals surface area contributed by atoms with Crippen molar-refractivity contribution in [3.8, 4) is 11.5 Å². The summed E-state index contributed by atoms with van der Waals surface area (Å²) in [6.07, 6.45) is 9.86. The van der Waals surface area contributed by atoms with Gasteiger partial charge in [0.1, 0.15) is 0 Å². The number of benzene rings is 1. The van der Waals surface area contributed by atoms with Gasteiger partial charge in [0.15, 0.2) is 11.5 Å². The number of hydrogen-bond donors (Lipinski definition) is 0. The monoisotopic (exact) mass is 540 g/mol. The Balaban J connectivity index is 1.33. The molecular formula is C31H48N4O4. The van der Waals surface area contributed by atoms with Crippen molar-refractivity contribution in [2.24, 2.45) is 0 Å². The summed E-state index contributed by atoms with van der Waals surface area (Å²) in [4.78, 5) is 34.3. The summed E-state index contributed by atoms with van der Waals surface area (Å²) >= 11 is 0. The quantitative estimate of drug-likeness (QED) is 0.372. The van der Waals surface area contributed by atoms with Crippen molar-refractivity contribution < 1.29 is 19.1 Å². The van der Waals surface area contributed by atoms with Crippen LogP contribution in [0.2, 0.25) is 0 Å². The highest BCUT2D eigenvalue weighted by atomic mass is 16.7. The fraction of sp³-hybridized carbons (Fsp3) is 0.742. The predicted molar refractivity (Wildman–Crippen MR) is 152 cm³/mol. The second-order valence-corrected chi connectivity index (χ2v) is 12.2. The molecule has 1 aliphatic carbocycles. The fourth-order valence-corrected chi connectivity index (χ4v) is 6.94. The first-order valence-corrected chi connectivity index (χ1v) is 15.3. The molecular weight excluding hydrogens is 492 g/mol. The van der Waals surface area contributed by atoms with E-state index in [2.05, 4.69) is 30.9 Å². The number of ether oxygens (including phenoxy) is 2. The average Bonchev–Trinajstić information content (AvgIpc) is 3.61. The van der Waals surface area contributed by atoms with E-state index in [1.807, 2.05) is 23.9 Å². The van der Waals surface area contributed by atoms with Crippen molar-refractivity contribution >= 4 is 11.9 Å². The molecule has 3 aliphatic heterocycles. The van der Waals surface area contributed by atoms with Crippen LogP contribution in [0.4, 0.5) is 4.79 Å². The molecule has 2 saturated heterocycles. The Morgan fingerprint density at radius 1 is 1.10 bits per heavy atom. The van der Waals surface area contributed by atoms with Crippen LogP contribution in [0.15, 0.2) is 12.1 Å². The number of fused-ring (bicyclic) bond motifs is 1. The number of urea groups is 1. The lowest BCUT2D eigenvalue weighted by Gasteiger charge is -2.32. The van der Waals surface area contributed by atoms with Gasteiger partial charge in [-0.2, -0.15) is 0 Å². The van der Waals surface area contributed by atoms with E-state index in [1.165, 1.54) is 30.4 Å². The van der Waals surface area contributed by atoms with Gasteiger partial charge < -0.3 is 24.2 Å². The molecule has 3 heterocycles. The van der Waals surface area contributed by atoms with Crippen molar-refractivity contribution in [1.29, 1.82) is 0 Å². The standard InChI is InChI=1S/C31H48N4O4/c1-5-8-25(9-6-2)33(4)29(36)20-35-19-24(16-26(35)12-13-34-15-14-32(3)31(34)37)23-17-27(22-10-7-11-22)30-28(18-23)38-21-39-30/h17-18,22,24-26H,5-16,19-21H2,1-4H3/t24-,26+/m1/s1. The first-order chi connectivity index (χ1) is 18.9. The summed E-state index contributed by atoms with van der Waals surface area (Å²) in [5.41, 5.74) is 2.62. The molecule has 3 amide bonds. The van der Waals surface area contributed by atoms with E-state index in [0.29, 0.717) is 31.2 Å². The molecule has 1 aromatic carbocycles. The predicted octanol–water partition coefficient (Wildman–Crippen LogP) is 5.03. The van der Waals surface area contributed by atoms with E-state index in [1.54, 1.807) is 4.90 Å². The normalized spacial score (nSPS) is 23.3. The van der Waals surface area contributed by atoms with Gasteiger partial charge in [-0.1, -0.05) is 39.2 Å². The van der Waals surface area contributed by atoms with Crippen molar-refractivity contribution in [2.75, 3.05) is 53.6 Å². The van der Waals surface area contributed by atoms with Crippen LogP contribution < -0.4 is 9.47 Å². The highest BCUT2D eigenvalue weighted by Crippen LogP contribution is 2.49. The number of carbonyl (C=O) groups is 2. The number of rotatable bonds is 12. The number of likely N-dealkylation sites (N-methyl/N-ethyl adjacent to an activating group) is 2. The lowest BCUT2D eigenvalue weighted by Crippen LogP contribution is -2.45. The zero-order valence-electron chi connectivity index (χ0n) is 24.5. The lowest BCUT2D eigenvalue weighted by molar-refractivity contribution is -0.133. The minimum absolute atomic E-state index is 0.120. The molecule has 2 atom stereocenters. The summed E-state index contributed by atoms with van der Waals surface area (Å²) in [6.45, 7) is 8.30. The first kappa shape index (κ1) is 28.1. The van der Waals surface area contributed by atoms with E-state index in [9.17, 15) is 9.59 Å². The largest absolute Gasteiger partial charge is 0.454 e. The minimum Gasteiger partial charge on any atom is -0.454 e. The third-order valence-electron chi connectivity index (χ3n) is 9.63. The van der Waals surface area contributed by atoms with Gasteiger partial charge >= 0.3 is 6.03 Å². The molecule has 3 fully saturated rings. The van der Waals surface area contributed by atoms with E-state index in [0.717, 1.165) is 76.2 Å². The second-order valence-electron chi connectivity index (χ2n) is 12.2. The Labute approximate surface area is 234 Å². The molecule has 8 nitrogen and oxygen atoms in total. The number of nitrogens with zero attached hydrogens (tertiary/aromatic N) is 4. The van der Waals surface area contributed by atoms with Crippen LogP contribution in [0.1, 0.15) is 94.6 Å². The molecule has 1 saturated carbocycles. The van der Waals surface area contributed by atoms with E-state index in [-0.39, 0.29) is 18.0 Å². The van der Waals surface area contributed by atoms with Crippen LogP contribution in [-0.2, 0) is 4.79 Å². The Morgan fingerprint density at radius 3 is 2.51 bits per heavy atom. The topological polar surface area (TPSA) is 65.6 Å². The molecule has 5 rings (SSSR count). The first-order valence-electron chi connectivity index (χ1n) is 15.3. The molecule has 0 aromatic heterocycles. The number of amides is 3. The van der Waals surface area contributed by atoms with Crippen molar-refractivity contribution in [1.82, 2.24) is 19.6 Å². The highest BCUT2D eigenvalue weighted by Gasteiger charge is 2.38. The maximum atomic E-state index is 13.6. The lowest BCUT2D eigenvalue weighted by atomic mass is 9.78. The molecule has 0 spiro atoms. The molecule has 39 heavy (non-hydrogen) atoms. The highest BCUT2D eigenvalue weighted by molar-refractivity contribution is 5.78. The Bertz CT molecular complexity index is 1020. The molecule has 8 heteroatoms. The molecule has 0 N–H and O–H groups in total. The Morgan fingerprint density at radius 2 is 1.87 bits per heavy atom. The zero-order chi connectivity index (χ0) is 27.5. The molecule has 0 radical (unpaired) electrons. The smallest absolute Gasteiger partial charge is 0.319 e. The van der Waals surface area contributed by atoms with Gasteiger partial charge in [-0.05, 0) is 62.0 Å². The summed E-state index contributed by atoms with van der Waals surface area (Å²) in [7, 11) is 3.86. The molecule has 4 aliphatic rings. The van der Waals surface area contributed by atoms with Gasteiger partial charge in [-0.25, -0.2) is 4.79 Å². The van der Waals surface area contributed by atoms with Gasteiger partial charge in [-0.15, -0.1) is 0 Å². The van der Waals surface area contributed by atoms with Crippen molar-refractivity contribution in [2.45, 2.75) is 95.6 Å². The number of likely N-dealkylation sites (tertiary alicyclic amines) is 1. The third-order valence-corrected chi connectivity index (χ3v) is 9.63.